The van der Waals surface area contributed by atoms with Crippen molar-refractivity contribution in [3.63, 3.8) is 0 Å². The van der Waals surface area contributed by atoms with Crippen LogP contribution < -0.4 is 16.5 Å². The van der Waals surface area contributed by atoms with Gasteiger partial charge >= 0.3 is 6.03 Å². The number of nitrogens with one attached hydrogen (secondary N) is 2. The molecule has 0 bridgehead atoms. The SMILES string of the molecule is CC(=NNC(N)=O)C1=C(O)C(C(C)C)NC1=O. The van der Waals surface area contributed by atoms with Crippen LogP contribution in [0.5, 0.6) is 0 Å². The summed E-state index contributed by atoms with van der Waals surface area (Å²) < 4.78 is 0. The van der Waals surface area contributed by atoms with E-state index in [9.17, 15) is 14.7 Å². The molecule has 94 valence electrons. The third-order valence-electron chi connectivity index (χ3n) is 2.43. The van der Waals surface area contributed by atoms with E-state index in [2.05, 4.69) is 10.4 Å². The molecule has 0 aromatic heterocycles. The van der Waals surface area contributed by atoms with E-state index in [0.29, 0.717) is 0 Å². The van der Waals surface area contributed by atoms with Crippen LogP contribution in [-0.4, -0.2) is 28.8 Å². The van der Waals surface area contributed by atoms with E-state index in [-0.39, 0.29) is 23.0 Å². The lowest BCUT2D eigenvalue weighted by Gasteiger charge is -2.14. The number of primary amides is 1. The topological polar surface area (TPSA) is 117 Å². The van der Waals surface area contributed by atoms with Crippen molar-refractivity contribution in [3.8, 4) is 0 Å². The van der Waals surface area contributed by atoms with Crippen molar-refractivity contribution in [1.82, 2.24) is 10.7 Å². The summed E-state index contributed by atoms with van der Waals surface area (Å²) in [4.78, 5) is 22.1. The number of carbonyl (C=O) groups is 2. The van der Waals surface area contributed by atoms with Crippen LogP contribution in [0.1, 0.15) is 20.8 Å². The number of hydrogen-bond acceptors (Lipinski definition) is 4. The average molecular weight is 240 g/mol. The predicted octanol–water partition coefficient (Wildman–Crippen LogP) is -0.00290. The standard InChI is InChI=1S/C10H16N4O3/c1-4(2)7-8(15)6(9(16)12-7)5(3)13-14-10(11)17/h4,7,15H,1-3H3,(H,12,16)(H3,11,14,17). The quantitative estimate of drug-likeness (QED) is 0.410. The van der Waals surface area contributed by atoms with Crippen LogP contribution in [0.3, 0.4) is 0 Å². The third-order valence-corrected chi connectivity index (χ3v) is 2.43. The number of nitrogens with zero attached hydrogens (tertiary/aromatic N) is 1. The number of rotatable bonds is 3. The number of hydrogen-bond donors (Lipinski definition) is 4. The predicted molar refractivity (Wildman–Crippen MR) is 62.3 cm³/mol. The Hall–Kier alpha value is -2.05. The van der Waals surface area contributed by atoms with Crippen LogP contribution in [0.4, 0.5) is 4.79 Å². The van der Waals surface area contributed by atoms with Crippen LogP contribution in [0.2, 0.25) is 0 Å². The molecule has 0 saturated heterocycles. The van der Waals surface area contributed by atoms with Gasteiger partial charge in [-0.2, -0.15) is 5.10 Å². The van der Waals surface area contributed by atoms with Crippen molar-refractivity contribution in [3.05, 3.63) is 11.3 Å². The highest BCUT2D eigenvalue weighted by Gasteiger charge is 2.34. The van der Waals surface area contributed by atoms with Crippen LogP contribution in [0.15, 0.2) is 16.4 Å². The summed E-state index contributed by atoms with van der Waals surface area (Å²) in [5.74, 6) is -0.403. The molecule has 1 aliphatic heterocycles. The van der Waals surface area contributed by atoms with Gasteiger partial charge in [0.1, 0.15) is 11.3 Å². The maximum atomic E-state index is 11.6. The monoisotopic (exact) mass is 240 g/mol. The van der Waals surface area contributed by atoms with E-state index >= 15 is 0 Å². The van der Waals surface area contributed by atoms with E-state index in [1.165, 1.54) is 6.92 Å². The van der Waals surface area contributed by atoms with Crippen molar-refractivity contribution in [2.45, 2.75) is 26.8 Å². The van der Waals surface area contributed by atoms with Gasteiger partial charge in [-0.25, -0.2) is 10.2 Å². The molecule has 17 heavy (non-hydrogen) atoms. The zero-order valence-electron chi connectivity index (χ0n) is 9.94. The van der Waals surface area contributed by atoms with Gasteiger partial charge in [-0.3, -0.25) is 4.79 Å². The largest absolute Gasteiger partial charge is 0.509 e. The summed E-state index contributed by atoms with van der Waals surface area (Å²) >= 11 is 0. The van der Waals surface area contributed by atoms with Crippen molar-refractivity contribution in [2.24, 2.45) is 16.8 Å². The van der Waals surface area contributed by atoms with Crippen molar-refractivity contribution >= 4 is 17.6 Å². The molecule has 0 saturated carbocycles. The molecular weight excluding hydrogens is 224 g/mol. The Kier molecular flexibility index (Phi) is 3.72. The molecule has 7 nitrogen and oxygen atoms in total. The van der Waals surface area contributed by atoms with E-state index in [0.717, 1.165) is 0 Å². The fourth-order valence-corrected chi connectivity index (χ4v) is 1.58. The van der Waals surface area contributed by atoms with Crippen LogP contribution in [0, 0.1) is 5.92 Å². The van der Waals surface area contributed by atoms with Gasteiger partial charge in [-0.15, -0.1) is 0 Å². The Morgan fingerprint density at radius 2 is 2.18 bits per heavy atom. The minimum Gasteiger partial charge on any atom is -0.509 e. The molecule has 0 aromatic carbocycles. The normalized spacial score (nSPS) is 20.8. The van der Waals surface area contributed by atoms with Crippen molar-refractivity contribution < 1.29 is 14.7 Å². The van der Waals surface area contributed by atoms with Crippen LogP contribution >= 0.6 is 0 Å². The molecule has 0 fully saturated rings. The van der Waals surface area contributed by atoms with E-state index in [4.69, 9.17) is 5.73 Å². The molecule has 1 unspecified atom stereocenters. The summed E-state index contributed by atoms with van der Waals surface area (Å²) in [5.41, 5.74) is 7.15. The number of amides is 3. The summed E-state index contributed by atoms with van der Waals surface area (Å²) in [6.07, 6.45) is 0. The molecule has 0 aliphatic carbocycles. The molecule has 1 atom stereocenters. The Labute approximate surface area is 98.8 Å². The number of aliphatic hydroxyl groups excluding tert-OH is 1. The minimum atomic E-state index is -0.830. The first-order chi connectivity index (χ1) is 7.84. The summed E-state index contributed by atoms with van der Waals surface area (Å²) in [5, 5.41) is 16.1. The minimum absolute atomic E-state index is 0.0579. The average Bonchev–Trinajstić information content (AvgIpc) is 2.51. The van der Waals surface area contributed by atoms with Crippen LogP contribution in [-0.2, 0) is 4.79 Å². The number of nitrogens with two attached hydrogens (primary N) is 1. The Morgan fingerprint density at radius 1 is 1.59 bits per heavy atom. The number of hydrazone groups is 1. The highest BCUT2D eigenvalue weighted by molar-refractivity contribution is 6.22. The van der Waals surface area contributed by atoms with Gasteiger partial charge in [0.15, 0.2) is 0 Å². The van der Waals surface area contributed by atoms with Gasteiger partial charge in [0, 0.05) is 0 Å². The second-order valence-corrected chi connectivity index (χ2v) is 4.13. The summed E-state index contributed by atoms with van der Waals surface area (Å²) in [6.45, 7) is 5.25. The molecule has 0 radical (unpaired) electrons. The Balaban J connectivity index is 2.99. The van der Waals surface area contributed by atoms with Gasteiger partial charge in [-0.05, 0) is 12.8 Å². The first kappa shape index (κ1) is 13.0. The lowest BCUT2D eigenvalue weighted by atomic mass is 10.0. The lowest BCUT2D eigenvalue weighted by Crippen LogP contribution is -2.33. The smallest absolute Gasteiger partial charge is 0.332 e. The van der Waals surface area contributed by atoms with Gasteiger partial charge in [-0.1, -0.05) is 13.8 Å². The third kappa shape index (κ3) is 2.74. The molecule has 1 heterocycles. The van der Waals surface area contributed by atoms with E-state index in [1.807, 2.05) is 19.3 Å². The second kappa shape index (κ2) is 4.86. The fraction of sp³-hybridized carbons (Fsp3) is 0.500. The molecule has 0 spiro atoms. The zero-order valence-corrected chi connectivity index (χ0v) is 9.94. The van der Waals surface area contributed by atoms with E-state index < -0.39 is 18.0 Å². The summed E-state index contributed by atoms with van der Waals surface area (Å²) in [7, 11) is 0. The second-order valence-electron chi connectivity index (χ2n) is 4.13. The number of urea groups is 1. The Bertz CT molecular complexity index is 412. The summed E-state index contributed by atoms with van der Waals surface area (Å²) in [6, 6.07) is -1.25. The molecular formula is C10H16N4O3. The molecule has 5 N–H and O–H groups in total. The highest BCUT2D eigenvalue weighted by Crippen LogP contribution is 2.21. The molecule has 7 heteroatoms. The van der Waals surface area contributed by atoms with Gasteiger partial charge < -0.3 is 16.2 Å². The first-order valence-electron chi connectivity index (χ1n) is 5.18. The Morgan fingerprint density at radius 3 is 2.59 bits per heavy atom. The number of aliphatic hydroxyl groups is 1. The first-order valence-corrected chi connectivity index (χ1v) is 5.18. The van der Waals surface area contributed by atoms with Gasteiger partial charge in [0.2, 0.25) is 0 Å². The highest BCUT2D eigenvalue weighted by atomic mass is 16.3. The molecule has 1 aliphatic rings. The van der Waals surface area contributed by atoms with Crippen molar-refractivity contribution in [1.29, 1.82) is 0 Å². The molecule has 1 rings (SSSR count). The van der Waals surface area contributed by atoms with Crippen LogP contribution in [0.25, 0.3) is 0 Å². The van der Waals surface area contributed by atoms with Gasteiger partial charge in [0.05, 0.1) is 11.8 Å². The van der Waals surface area contributed by atoms with Crippen molar-refractivity contribution in [2.75, 3.05) is 0 Å². The number of carbonyl (C=O) groups excluding carboxylic acids is 2. The zero-order chi connectivity index (χ0) is 13.2. The van der Waals surface area contributed by atoms with E-state index in [1.54, 1.807) is 0 Å². The molecule has 3 amide bonds. The lowest BCUT2D eigenvalue weighted by molar-refractivity contribution is -0.116. The van der Waals surface area contributed by atoms with Gasteiger partial charge in [0.25, 0.3) is 5.91 Å². The molecule has 0 aromatic rings. The fourth-order valence-electron chi connectivity index (χ4n) is 1.58. The maximum absolute atomic E-state index is 11.6. The maximum Gasteiger partial charge on any atom is 0.332 e.